The van der Waals surface area contributed by atoms with Gasteiger partial charge in [-0.3, -0.25) is 9.55 Å². The summed E-state index contributed by atoms with van der Waals surface area (Å²) in [5.74, 6) is 0.855. The normalized spacial score (nSPS) is 11.5. The number of para-hydroxylation sites is 2. The Morgan fingerprint density at radius 1 is 0.419 bits per heavy atom. The largest absolute Gasteiger partial charge is 0.507 e. The van der Waals surface area contributed by atoms with Crippen molar-refractivity contribution in [2.45, 2.75) is 26.2 Å². The number of rotatable bonds is 8. The van der Waals surface area contributed by atoms with Gasteiger partial charge in [-0.15, -0.1) is 0 Å². The number of imidazole rings is 1. The summed E-state index contributed by atoms with van der Waals surface area (Å²) in [5.41, 5.74) is 17.5. The topological polar surface area (TPSA) is 50.9 Å². The molecule has 0 saturated heterocycles. The van der Waals surface area contributed by atoms with Crippen molar-refractivity contribution in [2.75, 3.05) is 0 Å². The van der Waals surface area contributed by atoms with Crippen LogP contribution in [0.3, 0.4) is 0 Å². The van der Waals surface area contributed by atoms with Crippen LogP contribution in [0, 0.1) is 0 Å². The molecule has 0 aliphatic carbocycles. The third-order valence-electron chi connectivity index (χ3n) is 11.7. The zero-order chi connectivity index (χ0) is 42.2. The third-order valence-corrected chi connectivity index (χ3v) is 11.7. The lowest BCUT2D eigenvalue weighted by Crippen LogP contribution is -2.16. The Morgan fingerprint density at radius 3 is 1.60 bits per heavy atom. The van der Waals surface area contributed by atoms with Crippen LogP contribution in [0.1, 0.15) is 26.3 Å². The third kappa shape index (κ3) is 7.37. The van der Waals surface area contributed by atoms with E-state index in [2.05, 4.69) is 201 Å². The zero-order valence-electron chi connectivity index (χ0n) is 35.0. The van der Waals surface area contributed by atoms with Crippen LogP contribution in [0.2, 0.25) is 0 Å². The van der Waals surface area contributed by atoms with Crippen molar-refractivity contribution >= 4 is 11.0 Å². The maximum Gasteiger partial charge on any atom is 0.149 e. The molecule has 1 N–H and O–H groups in total. The lowest BCUT2D eigenvalue weighted by Gasteiger charge is -2.25. The first-order valence-corrected chi connectivity index (χ1v) is 21.1. The van der Waals surface area contributed by atoms with E-state index in [1.807, 2.05) is 30.5 Å². The molecule has 0 atom stereocenters. The van der Waals surface area contributed by atoms with E-state index in [0.29, 0.717) is 11.4 Å². The highest BCUT2D eigenvalue weighted by molar-refractivity contribution is 5.98. The van der Waals surface area contributed by atoms with Gasteiger partial charge in [0.25, 0.3) is 0 Å². The van der Waals surface area contributed by atoms with E-state index in [1.165, 1.54) is 22.3 Å². The van der Waals surface area contributed by atoms with Crippen LogP contribution in [0.15, 0.2) is 212 Å². The Bertz CT molecular complexity index is 3200. The first-order chi connectivity index (χ1) is 30.3. The molecular formula is C58H45N3O. The van der Waals surface area contributed by atoms with Gasteiger partial charge in [0.05, 0.1) is 28.0 Å². The van der Waals surface area contributed by atoms with Crippen molar-refractivity contribution in [2.24, 2.45) is 0 Å². The fraction of sp³-hybridized carbons (Fsp3) is 0.0690. The Hall–Kier alpha value is -7.82. The Kier molecular flexibility index (Phi) is 9.90. The fourth-order valence-electron chi connectivity index (χ4n) is 8.54. The fourth-order valence-corrected chi connectivity index (χ4v) is 8.54. The van der Waals surface area contributed by atoms with Crippen molar-refractivity contribution in [3.8, 4) is 89.7 Å². The van der Waals surface area contributed by atoms with Crippen LogP contribution < -0.4 is 0 Å². The van der Waals surface area contributed by atoms with E-state index in [-0.39, 0.29) is 11.2 Å². The van der Waals surface area contributed by atoms with Crippen LogP contribution in [0.4, 0.5) is 0 Å². The number of aromatic hydroxyl groups is 1. The highest BCUT2D eigenvalue weighted by Gasteiger charge is 2.26. The lowest BCUT2D eigenvalue weighted by atomic mass is 9.83. The van der Waals surface area contributed by atoms with Crippen LogP contribution >= 0.6 is 0 Å². The summed E-state index contributed by atoms with van der Waals surface area (Å²) >= 11 is 0. The van der Waals surface area contributed by atoms with Crippen molar-refractivity contribution in [3.05, 3.63) is 218 Å². The molecule has 298 valence electrons. The predicted molar refractivity (Wildman–Crippen MR) is 257 cm³/mol. The molecular weight excluding hydrogens is 755 g/mol. The average Bonchev–Trinajstić information content (AvgIpc) is 3.71. The van der Waals surface area contributed by atoms with Gasteiger partial charge in [0.2, 0.25) is 0 Å². The average molecular weight is 800 g/mol. The van der Waals surface area contributed by atoms with E-state index in [4.69, 9.17) is 9.97 Å². The van der Waals surface area contributed by atoms with Crippen LogP contribution in [-0.2, 0) is 5.41 Å². The number of nitrogens with zero attached hydrogens (tertiary/aromatic N) is 3. The maximum absolute atomic E-state index is 11.4. The van der Waals surface area contributed by atoms with Gasteiger partial charge in [-0.1, -0.05) is 166 Å². The van der Waals surface area contributed by atoms with E-state index in [0.717, 1.165) is 66.9 Å². The number of phenols is 1. The summed E-state index contributed by atoms with van der Waals surface area (Å²) in [5, 5.41) is 11.4. The molecule has 0 aliphatic rings. The van der Waals surface area contributed by atoms with Crippen LogP contribution in [0.5, 0.6) is 5.75 Å². The van der Waals surface area contributed by atoms with E-state index < -0.39 is 0 Å². The monoisotopic (exact) mass is 799 g/mol. The van der Waals surface area contributed by atoms with Gasteiger partial charge in [-0.05, 0) is 122 Å². The molecule has 0 fully saturated rings. The summed E-state index contributed by atoms with van der Waals surface area (Å²) < 4.78 is 2.24. The lowest BCUT2D eigenvalue weighted by molar-refractivity contribution is 0.477. The molecule has 0 amide bonds. The molecule has 4 nitrogen and oxygen atoms in total. The summed E-state index contributed by atoms with van der Waals surface area (Å²) in [7, 11) is 0. The number of aromatic nitrogens is 3. The Morgan fingerprint density at radius 2 is 0.935 bits per heavy atom. The summed E-state index contributed by atoms with van der Waals surface area (Å²) in [6.45, 7) is 6.76. The molecule has 0 saturated carbocycles. The van der Waals surface area contributed by atoms with Crippen molar-refractivity contribution in [3.63, 3.8) is 0 Å². The first kappa shape index (κ1) is 38.4. The van der Waals surface area contributed by atoms with Gasteiger partial charge in [-0.2, -0.15) is 0 Å². The van der Waals surface area contributed by atoms with Gasteiger partial charge in [-0.25, -0.2) is 4.98 Å². The molecule has 0 unspecified atom stereocenters. The van der Waals surface area contributed by atoms with Crippen molar-refractivity contribution in [1.82, 2.24) is 14.5 Å². The molecule has 0 spiro atoms. The molecule has 0 bridgehead atoms. The molecule has 2 heterocycles. The molecule has 4 heteroatoms. The van der Waals surface area contributed by atoms with Gasteiger partial charge >= 0.3 is 0 Å². The molecule has 0 radical (unpaired) electrons. The van der Waals surface area contributed by atoms with Crippen LogP contribution in [0.25, 0.3) is 95.0 Å². The number of fused-ring (bicyclic) bond motifs is 1. The standard InChI is InChI=1S/C58H45N3O/c1-58(2,3)51-37-44(40-18-9-5-10-19-40)30-31-53(51)61-54-24-15-23-49(56(54)60-57(61)50-22-13-14-25-55(50)62)47-34-46(41-20-11-6-12-21-41)35-48(36-47)52-38-45(32-33-59-52)43-28-26-42(27-29-43)39-16-7-4-8-17-39/h4-38,62H,1-3H3. The molecule has 0 aliphatic heterocycles. The van der Waals surface area contributed by atoms with Crippen molar-refractivity contribution < 1.29 is 5.11 Å². The number of pyridine rings is 1. The summed E-state index contributed by atoms with van der Waals surface area (Å²) in [4.78, 5) is 10.4. The molecule has 10 aromatic rings. The minimum absolute atomic E-state index is 0.179. The summed E-state index contributed by atoms with van der Waals surface area (Å²) in [6, 6.07) is 71.9. The van der Waals surface area contributed by atoms with Gasteiger partial charge < -0.3 is 5.11 Å². The Balaban J connectivity index is 1.16. The minimum atomic E-state index is -0.214. The number of phenolic OH excluding ortho intramolecular Hbond substituents is 1. The maximum atomic E-state index is 11.4. The van der Waals surface area contributed by atoms with E-state index in [1.54, 1.807) is 6.07 Å². The zero-order valence-corrected chi connectivity index (χ0v) is 35.0. The van der Waals surface area contributed by atoms with Gasteiger partial charge in [0, 0.05) is 17.3 Å². The second-order valence-electron chi connectivity index (χ2n) is 16.8. The predicted octanol–water partition coefficient (Wildman–Crippen LogP) is 15.1. The minimum Gasteiger partial charge on any atom is -0.507 e. The van der Waals surface area contributed by atoms with E-state index >= 15 is 0 Å². The first-order valence-electron chi connectivity index (χ1n) is 21.1. The highest BCUT2D eigenvalue weighted by Crippen LogP contribution is 2.42. The molecule has 10 rings (SSSR count). The SMILES string of the molecule is CC(C)(C)c1cc(-c2ccccc2)ccc1-n1c(-c2ccccc2O)nc2c(-c3cc(-c4ccccc4)cc(-c4cc(-c5ccc(-c6ccccc6)cc5)ccn4)c3)cccc21. The summed E-state index contributed by atoms with van der Waals surface area (Å²) in [6.07, 6.45) is 1.90. The second kappa shape index (κ2) is 16.0. The molecule has 8 aromatic carbocycles. The smallest absolute Gasteiger partial charge is 0.149 e. The number of hydrogen-bond donors (Lipinski definition) is 1. The van der Waals surface area contributed by atoms with Crippen LogP contribution in [-0.4, -0.2) is 19.6 Å². The van der Waals surface area contributed by atoms with Gasteiger partial charge in [0.1, 0.15) is 11.6 Å². The Labute approximate surface area is 363 Å². The molecule has 2 aromatic heterocycles. The molecule has 62 heavy (non-hydrogen) atoms. The highest BCUT2D eigenvalue weighted by atomic mass is 16.3. The number of benzene rings is 8. The second-order valence-corrected chi connectivity index (χ2v) is 16.8. The van der Waals surface area contributed by atoms with Gasteiger partial charge in [0.15, 0.2) is 0 Å². The quantitative estimate of drug-likeness (QED) is 0.167. The van der Waals surface area contributed by atoms with Crippen molar-refractivity contribution in [1.29, 1.82) is 0 Å². The van der Waals surface area contributed by atoms with E-state index in [9.17, 15) is 5.11 Å². The number of hydrogen-bond acceptors (Lipinski definition) is 3.